The molecule has 0 aromatic carbocycles. The molecule has 2 fully saturated rings. The summed E-state index contributed by atoms with van der Waals surface area (Å²) in [7, 11) is 2.22. The van der Waals surface area contributed by atoms with Crippen LogP contribution >= 0.6 is 0 Å². The molecule has 1 heterocycles. The lowest BCUT2D eigenvalue weighted by molar-refractivity contribution is 0.0444. The van der Waals surface area contributed by atoms with Crippen molar-refractivity contribution in [1.29, 1.82) is 5.41 Å². The van der Waals surface area contributed by atoms with Crippen LogP contribution in [0, 0.1) is 11.3 Å². The maximum atomic E-state index is 7.96. The van der Waals surface area contributed by atoms with Crippen LogP contribution in [0.2, 0.25) is 0 Å². The second kappa shape index (κ2) is 7.97. The molecule has 1 saturated carbocycles. The number of piperazine rings is 1. The second-order valence-electron chi connectivity index (χ2n) is 8.35. The molecular weight excluding hydrogens is 322 g/mol. The molecule has 3 aliphatic rings. The number of rotatable bonds is 6. The van der Waals surface area contributed by atoms with Crippen LogP contribution in [0.15, 0.2) is 35.7 Å². The van der Waals surface area contributed by atoms with Crippen LogP contribution in [0.1, 0.15) is 39.0 Å². The number of nitrogens with zero attached hydrogens (tertiary/aromatic N) is 2. The summed E-state index contributed by atoms with van der Waals surface area (Å²) in [6.07, 6.45) is 10.0. The van der Waals surface area contributed by atoms with Gasteiger partial charge in [-0.3, -0.25) is 4.90 Å². The second-order valence-corrected chi connectivity index (χ2v) is 8.35. The quantitative estimate of drug-likeness (QED) is 0.639. The van der Waals surface area contributed by atoms with Crippen molar-refractivity contribution in [2.24, 2.45) is 11.7 Å². The van der Waals surface area contributed by atoms with Crippen LogP contribution in [0.3, 0.4) is 0 Å². The summed E-state index contributed by atoms with van der Waals surface area (Å²) in [5.41, 5.74) is 9.94. The molecule has 1 unspecified atom stereocenters. The fourth-order valence-corrected chi connectivity index (χ4v) is 4.65. The van der Waals surface area contributed by atoms with Gasteiger partial charge in [-0.2, -0.15) is 0 Å². The van der Waals surface area contributed by atoms with Gasteiger partial charge in [-0.1, -0.05) is 25.5 Å². The van der Waals surface area contributed by atoms with Gasteiger partial charge in [-0.05, 0) is 44.9 Å². The van der Waals surface area contributed by atoms with Gasteiger partial charge in [-0.25, -0.2) is 0 Å². The van der Waals surface area contributed by atoms with Crippen LogP contribution in [0.4, 0.5) is 0 Å². The third kappa shape index (κ3) is 4.04. The fourth-order valence-electron chi connectivity index (χ4n) is 4.65. The van der Waals surface area contributed by atoms with E-state index in [0.29, 0.717) is 5.71 Å². The number of allylic oxidation sites excluding steroid dienone is 4. The maximum Gasteiger partial charge on any atom is 0.0400 e. The first kappa shape index (κ1) is 19.2. The molecule has 0 bridgehead atoms. The Morgan fingerprint density at radius 2 is 1.92 bits per heavy atom. The van der Waals surface area contributed by atoms with Crippen molar-refractivity contribution in [2.45, 2.75) is 44.6 Å². The summed E-state index contributed by atoms with van der Waals surface area (Å²) in [4.78, 5) is 5.15. The van der Waals surface area contributed by atoms with Gasteiger partial charge in [0.05, 0.1) is 0 Å². The lowest BCUT2D eigenvalue weighted by Gasteiger charge is -2.46. The maximum absolute atomic E-state index is 7.96. The summed E-state index contributed by atoms with van der Waals surface area (Å²) < 4.78 is 0. The number of likely N-dealkylation sites (N-methyl/N-ethyl adjacent to an activating group) is 1. The summed E-state index contributed by atoms with van der Waals surface area (Å²) >= 11 is 0. The van der Waals surface area contributed by atoms with Crippen LogP contribution in [-0.4, -0.2) is 60.8 Å². The van der Waals surface area contributed by atoms with Crippen molar-refractivity contribution < 1.29 is 0 Å². The van der Waals surface area contributed by atoms with Gasteiger partial charge in [0.2, 0.25) is 0 Å². The minimum atomic E-state index is 0.0200. The fraction of sp³-hybridized carbons (Fsp3) is 0.667. The van der Waals surface area contributed by atoms with Gasteiger partial charge >= 0.3 is 0 Å². The third-order valence-corrected chi connectivity index (χ3v) is 6.55. The largest absolute Gasteiger partial charge is 0.401 e. The Morgan fingerprint density at radius 3 is 2.54 bits per heavy atom. The van der Waals surface area contributed by atoms with Crippen molar-refractivity contribution in [3.8, 4) is 0 Å². The van der Waals surface area contributed by atoms with Crippen LogP contribution in [0.25, 0.3) is 0 Å². The molecule has 4 N–H and O–H groups in total. The Bertz CT molecular complexity index is 604. The molecule has 5 heteroatoms. The van der Waals surface area contributed by atoms with Crippen molar-refractivity contribution in [3.05, 3.63) is 35.7 Å². The molecule has 1 atom stereocenters. The lowest BCUT2D eigenvalue weighted by Crippen LogP contribution is -2.59. The van der Waals surface area contributed by atoms with Gasteiger partial charge in [0.15, 0.2) is 0 Å². The van der Waals surface area contributed by atoms with E-state index in [1.165, 1.54) is 44.3 Å². The van der Waals surface area contributed by atoms with E-state index in [1.54, 1.807) is 0 Å². The first-order valence-electron chi connectivity index (χ1n) is 9.99. The molecule has 0 amide bonds. The Hall–Kier alpha value is -1.59. The Kier molecular flexibility index (Phi) is 5.88. The first-order chi connectivity index (χ1) is 12.4. The normalized spacial score (nSPS) is 26.9. The molecular formula is C21H35N5. The van der Waals surface area contributed by atoms with E-state index in [0.717, 1.165) is 37.4 Å². The Labute approximate surface area is 158 Å². The highest BCUT2D eigenvalue weighted by Crippen LogP contribution is 2.36. The molecule has 3 rings (SSSR count). The van der Waals surface area contributed by atoms with Gasteiger partial charge in [0.1, 0.15) is 0 Å². The average Bonchev–Trinajstić information content (AvgIpc) is 3.10. The predicted molar refractivity (Wildman–Crippen MR) is 109 cm³/mol. The third-order valence-electron chi connectivity index (χ3n) is 6.55. The van der Waals surface area contributed by atoms with Gasteiger partial charge < -0.3 is 21.4 Å². The molecule has 5 nitrogen and oxygen atoms in total. The summed E-state index contributed by atoms with van der Waals surface area (Å²) in [6, 6.07) is 0. The zero-order valence-electron chi connectivity index (χ0n) is 16.5. The van der Waals surface area contributed by atoms with E-state index in [-0.39, 0.29) is 11.5 Å². The van der Waals surface area contributed by atoms with Crippen LogP contribution in [-0.2, 0) is 0 Å². The van der Waals surface area contributed by atoms with Crippen molar-refractivity contribution in [1.82, 2.24) is 15.1 Å². The molecule has 0 radical (unpaired) electrons. The monoisotopic (exact) mass is 357 g/mol. The molecule has 0 aromatic heterocycles. The highest BCUT2D eigenvalue weighted by molar-refractivity contribution is 5.84. The number of nitrogens with one attached hydrogen (secondary N) is 2. The number of hydrogen-bond donors (Lipinski definition) is 3. The van der Waals surface area contributed by atoms with E-state index in [9.17, 15) is 0 Å². The van der Waals surface area contributed by atoms with E-state index in [2.05, 4.69) is 34.8 Å². The molecule has 0 aromatic rings. The standard InChI is InChI=1S/C21H35N5/c1-16(22)19-14-18(6-7-20(19)23)17(2)24-15-21(8-4-5-9-21)26-12-10-25(3)11-13-26/h6-7,19,22,24H,2,4-5,8-15,23H2,1,3H3. The lowest BCUT2D eigenvalue weighted by atomic mass is 9.87. The van der Waals surface area contributed by atoms with Crippen molar-refractivity contribution >= 4 is 5.71 Å². The minimum Gasteiger partial charge on any atom is -0.401 e. The van der Waals surface area contributed by atoms with Gasteiger partial charge in [-0.15, -0.1) is 0 Å². The van der Waals surface area contributed by atoms with Gasteiger partial charge in [0.25, 0.3) is 0 Å². The highest BCUT2D eigenvalue weighted by atomic mass is 15.3. The molecule has 26 heavy (non-hydrogen) atoms. The average molecular weight is 358 g/mol. The Morgan fingerprint density at radius 1 is 1.27 bits per heavy atom. The molecule has 144 valence electrons. The van der Waals surface area contributed by atoms with E-state index in [4.69, 9.17) is 11.1 Å². The highest BCUT2D eigenvalue weighted by Gasteiger charge is 2.40. The summed E-state index contributed by atoms with van der Waals surface area (Å²) in [6.45, 7) is 11.8. The molecule has 1 aliphatic heterocycles. The number of hydrogen-bond acceptors (Lipinski definition) is 5. The van der Waals surface area contributed by atoms with Crippen molar-refractivity contribution in [3.63, 3.8) is 0 Å². The zero-order chi connectivity index (χ0) is 18.7. The first-order valence-corrected chi connectivity index (χ1v) is 9.99. The molecule has 2 aliphatic carbocycles. The molecule has 0 spiro atoms. The number of nitrogens with two attached hydrogens (primary N) is 1. The van der Waals surface area contributed by atoms with Crippen molar-refractivity contribution in [2.75, 3.05) is 39.8 Å². The van der Waals surface area contributed by atoms with Gasteiger partial charge in [0, 0.05) is 61.3 Å². The van der Waals surface area contributed by atoms with Crippen LogP contribution < -0.4 is 11.1 Å². The topological polar surface area (TPSA) is 68.4 Å². The van der Waals surface area contributed by atoms with E-state index < -0.39 is 0 Å². The molecule has 1 saturated heterocycles. The minimum absolute atomic E-state index is 0.0200. The summed E-state index contributed by atoms with van der Waals surface area (Å²) in [5.74, 6) is 0.0200. The smallest absolute Gasteiger partial charge is 0.0400 e. The van der Waals surface area contributed by atoms with E-state index >= 15 is 0 Å². The predicted octanol–water partition coefficient (Wildman–Crippen LogP) is 2.48. The van der Waals surface area contributed by atoms with E-state index in [1.807, 2.05) is 13.0 Å². The zero-order valence-corrected chi connectivity index (χ0v) is 16.5. The van der Waals surface area contributed by atoms with Crippen LogP contribution in [0.5, 0.6) is 0 Å². The Balaban J connectivity index is 1.63. The SMILES string of the molecule is C=C(NCC1(N2CCN(C)CC2)CCCC1)C1=CC=C(N)C(C(C)=N)C1. The summed E-state index contributed by atoms with van der Waals surface area (Å²) in [5, 5.41) is 11.6.